The summed E-state index contributed by atoms with van der Waals surface area (Å²) in [6, 6.07) is 0. The van der Waals surface area contributed by atoms with Crippen molar-refractivity contribution in [1.82, 2.24) is 5.01 Å². The lowest BCUT2D eigenvalue weighted by Gasteiger charge is -2.40. The Labute approximate surface area is 69.7 Å². The molecule has 1 aliphatic rings. The van der Waals surface area contributed by atoms with Crippen LogP contribution in [0.3, 0.4) is 0 Å². The van der Waals surface area contributed by atoms with E-state index in [1.807, 2.05) is 5.01 Å². The molecule has 0 bridgehead atoms. The molecule has 0 aliphatic carbocycles. The summed E-state index contributed by atoms with van der Waals surface area (Å²) >= 11 is 0. The van der Waals surface area contributed by atoms with Crippen molar-refractivity contribution in [2.24, 2.45) is 11.3 Å². The van der Waals surface area contributed by atoms with Crippen LogP contribution in [0.4, 0.5) is 0 Å². The van der Waals surface area contributed by atoms with Crippen molar-refractivity contribution < 1.29 is 0 Å². The normalized spacial score (nSPS) is 25.4. The fourth-order valence-electron chi connectivity index (χ4n) is 2.07. The monoisotopic (exact) mass is 156 g/mol. The molecule has 0 amide bonds. The fraction of sp³-hybridized carbons (Fsp3) is 1.00. The Kier molecular flexibility index (Phi) is 2.90. The second kappa shape index (κ2) is 3.55. The molecule has 1 aliphatic heterocycles. The van der Waals surface area contributed by atoms with Gasteiger partial charge in [-0.2, -0.15) is 0 Å². The predicted molar refractivity (Wildman–Crippen MR) is 48.0 cm³/mol. The SMILES string of the molecule is CCC1(CC)CCCN(N)C1. The van der Waals surface area contributed by atoms with Crippen molar-refractivity contribution in [3.8, 4) is 0 Å². The zero-order valence-electron chi connectivity index (χ0n) is 7.77. The Balaban J connectivity index is 2.52. The van der Waals surface area contributed by atoms with Gasteiger partial charge < -0.3 is 0 Å². The second-order valence-electron chi connectivity index (χ2n) is 3.78. The average Bonchev–Trinajstić information content (AvgIpc) is 2.04. The third-order valence-electron chi connectivity index (χ3n) is 3.19. The molecule has 2 N–H and O–H groups in total. The summed E-state index contributed by atoms with van der Waals surface area (Å²) in [5.41, 5.74) is 0.535. The summed E-state index contributed by atoms with van der Waals surface area (Å²) in [5, 5.41) is 1.98. The van der Waals surface area contributed by atoms with Gasteiger partial charge in [0.25, 0.3) is 0 Å². The first-order chi connectivity index (χ1) is 5.22. The maximum atomic E-state index is 5.79. The number of hydrazine groups is 1. The molecule has 0 aromatic rings. The van der Waals surface area contributed by atoms with E-state index in [9.17, 15) is 0 Å². The van der Waals surface area contributed by atoms with E-state index in [0.29, 0.717) is 5.41 Å². The molecule has 0 saturated carbocycles. The Morgan fingerprint density at radius 2 is 2.00 bits per heavy atom. The highest BCUT2D eigenvalue weighted by atomic mass is 15.4. The van der Waals surface area contributed by atoms with Gasteiger partial charge in [-0.3, -0.25) is 5.84 Å². The van der Waals surface area contributed by atoms with E-state index in [-0.39, 0.29) is 0 Å². The number of nitrogens with zero attached hydrogens (tertiary/aromatic N) is 1. The van der Waals surface area contributed by atoms with Gasteiger partial charge in [0.05, 0.1) is 0 Å². The van der Waals surface area contributed by atoms with Crippen molar-refractivity contribution in [2.75, 3.05) is 13.1 Å². The van der Waals surface area contributed by atoms with E-state index >= 15 is 0 Å². The van der Waals surface area contributed by atoms with Gasteiger partial charge in [0.15, 0.2) is 0 Å². The van der Waals surface area contributed by atoms with E-state index in [1.165, 1.54) is 25.7 Å². The van der Waals surface area contributed by atoms with Crippen LogP contribution in [0, 0.1) is 5.41 Å². The minimum atomic E-state index is 0.535. The van der Waals surface area contributed by atoms with Crippen LogP contribution in [0.5, 0.6) is 0 Å². The Morgan fingerprint density at radius 1 is 1.36 bits per heavy atom. The van der Waals surface area contributed by atoms with E-state index in [0.717, 1.165) is 13.1 Å². The van der Waals surface area contributed by atoms with Gasteiger partial charge in [-0.25, -0.2) is 5.01 Å². The first-order valence-electron chi connectivity index (χ1n) is 4.72. The van der Waals surface area contributed by atoms with E-state index in [2.05, 4.69) is 13.8 Å². The van der Waals surface area contributed by atoms with Gasteiger partial charge >= 0.3 is 0 Å². The zero-order valence-corrected chi connectivity index (χ0v) is 7.77. The first-order valence-corrected chi connectivity index (χ1v) is 4.72. The minimum Gasteiger partial charge on any atom is -0.269 e. The van der Waals surface area contributed by atoms with Crippen molar-refractivity contribution in [3.63, 3.8) is 0 Å². The summed E-state index contributed by atoms with van der Waals surface area (Å²) < 4.78 is 0. The van der Waals surface area contributed by atoms with Crippen LogP contribution in [0.15, 0.2) is 0 Å². The number of hydrogen-bond acceptors (Lipinski definition) is 2. The molecule has 1 heterocycles. The van der Waals surface area contributed by atoms with Crippen molar-refractivity contribution in [3.05, 3.63) is 0 Å². The van der Waals surface area contributed by atoms with Crippen LogP contribution in [-0.2, 0) is 0 Å². The lowest BCUT2D eigenvalue weighted by atomic mass is 9.76. The average molecular weight is 156 g/mol. The summed E-state index contributed by atoms with van der Waals surface area (Å²) in [6.45, 7) is 6.74. The van der Waals surface area contributed by atoms with Crippen molar-refractivity contribution in [2.45, 2.75) is 39.5 Å². The molecule has 0 aromatic carbocycles. The molecule has 1 saturated heterocycles. The smallest absolute Gasteiger partial charge is 0.0185 e. The van der Waals surface area contributed by atoms with E-state index in [4.69, 9.17) is 5.84 Å². The molecule has 1 rings (SSSR count). The predicted octanol–water partition coefficient (Wildman–Crippen LogP) is 1.76. The number of rotatable bonds is 2. The quantitative estimate of drug-likeness (QED) is 0.617. The molecule has 66 valence electrons. The maximum absolute atomic E-state index is 5.79. The third kappa shape index (κ3) is 1.94. The van der Waals surface area contributed by atoms with Crippen LogP contribution >= 0.6 is 0 Å². The van der Waals surface area contributed by atoms with Crippen LogP contribution in [-0.4, -0.2) is 18.1 Å². The molecular weight excluding hydrogens is 136 g/mol. The number of piperidine rings is 1. The summed E-state index contributed by atoms with van der Waals surface area (Å²) in [4.78, 5) is 0. The molecular formula is C9H20N2. The van der Waals surface area contributed by atoms with Crippen LogP contribution in [0.2, 0.25) is 0 Å². The third-order valence-corrected chi connectivity index (χ3v) is 3.19. The molecule has 2 nitrogen and oxygen atoms in total. The number of hydrogen-bond donors (Lipinski definition) is 1. The standard InChI is InChI=1S/C9H20N2/c1-3-9(4-2)6-5-7-11(10)8-9/h3-8,10H2,1-2H3. The largest absolute Gasteiger partial charge is 0.269 e. The van der Waals surface area contributed by atoms with Crippen LogP contribution in [0.25, 0.3) is 0 Å². The zero-order chi connectivity index (χ0) is 8.32. The Morgan fingerprint density at radius 3 is 2.36 bits per heavy atom. The lowest BCUT2D eigenvalue weighted by molar-refractivity contribution is 0.0807. The second-order valence-corrected chi connectivity index (χ2v) is 3.78. The van der Waals surface area contributed by atoms with E-state index < -0.39 is 0 Å². The fourth-order valence-corrected chi connectivity index (χ4v) is 2.07. The maximum Gasteiger partial charge on any atom is 0.0185 e. The van der Waals surface area contributed by atoms with Gasteiger partial charge in [0.2, 0.25) is 0 Å². The molecule has 11 heavy (non-hydrogen) atoms. The van der Waals surface area contributed by atoms with Gasteiger partial charge in [-0.05, 0) is 31.1 Å². The number of nitrogens with two attached hydrogens (primary N) is 1. The Bertz CT molecular complexity index is 119. The van der Waals surface area contributed by atoms with Crippen LogP contribution in [0.1, 0.15) is 39.5 Å². The van der Waals surface area contributed by atoms with Crippen molar-refractivity contribution >= 4 is 0 Å². The highest BCUT2D eigenvalue weighted by Crippen LogP contribution is 2.35. The summed E-state index contributed by atoms with van der Waals surface area (Å²) in [6.07, 6.45) is 5.19. The highest BCUT2D eigenvalue weighted by molar-refractivity contribution is 4.82. The molecule has 0 atom stereocenters. The molecule has 0 unspecified atom stereocenters. The summed E-state index contributed by atoms with van der Waals surface area (Å²) in [7, 11) is 0. The lowest BCUT2D eigenvalue weighted by Crippen LogP contribution is -2.46. The topological polar surface area (TPSA) is 29.3 Å². The first kappa shape index (κ1) is 9.01. The van der Waals surface area contributed by atoms with Gasteiger partial charge in [0, 0.05) is 13.1 Å². The van der Waals surface area contributed by atoms with Crippen LogP contribution < -0.4 is 5.84 Å². The minimum absolute atomic E-state index is 0.535. The van der Waals surface area contributed by atoms with Gasteiger partial charge in [0.1, 0.15) is 0 Å². The molecule has 0 spiro atoms. The molecule has 0 radical (unpaired) electrons. The van der Waals surface area contributed by atoms with E-state index in [1.54, 1.807) is 0 Å². The molecule has 2 heteroatoms. The highest BCUT2D eigenvalue weighted by Gasteiger charge is 2.30. The summed E-state index contributed by atoms with van der Waals surface area (Å²) in [5.74, 6) is 5.79. The van der Waals surface area contributed by atoms with Crippen molar-refractivity contribution in [1.29, 1.82) is 0 Å². The molecule has 1 fully saturated rings. The van der Waals surface area contributed by atoms with Gasteiger partial charge in [-0.1, -0.05) is 13.8 Å². The molecule has 0 aromatic heterocycles. The Hall–Kier alpha value is -0.0800. The van der Waals surface area contributed by atoms with Gasteiger partial charge in [-0.15, -0.1) is 0 Å².